The zero-order valence-electron chi connectivity index (χ0n) is 22.6. The van der Waals surface area contributed by atoms with Gasteiger partial charge >= 0.3 is 0 Å². The van der Waals surface area contributed by atoms with E-state index in [1.54, 1.807) is 0 Å². The lowest BCUT2D eigenvalue weighted by Gasteiger charge is -2.19. The van der Waals surface area contributed by atoms with Crippen LogP contribution >= 0.6 is 11.6 Å². The van der Waals surface area contributed by atoms with Crippen LogP contribution in [0.4, 0.5) is 0 Å². The van der Waals surface area contributed by atoms with Crippen LogP contribution in [0.2, 0.25) is 0 Å². The Morgan fingerprint density at radius 1 is 0.515 bits per heavy atom. The van der Waals surface area contributed by atoms with E-state index in [4.69, 9.17) is 21.1 Å². The summed E-state index contributed by atoms with van der Waals surface area (Å²) in [6.45, 7) is 6.29. The highest BCUT2D eigenvalue weighted by atomic mass is 35.5. The summed E-state index contributed by atoms with van der Waals surface area (Å²) in [5.74, 6) is 0.742. The van der Waals surface area contributed by atoms with Gasteiger partial charge in [-0.05, 0) is 44.9 Å². The fourth-order valence-electron chi connectivity index (χ4n) is 4.16. The van der Waals surface area contributed by atoms with Crippen LogP contribution < -0.4 is 0 Å². The number of alkyl halides is 1. The fourth-order valence-corrected chi connectivity index (χ4v) is 4.29. The number of allylic oxidation sites excluding steroid dienone is 2. The summed E-state index contributed by atoms with van der Waals surface area (Å²) < 4.78 is 12.3. The molecule has 0 aromatic rings. The van der Waals surface area contributed by atoms with Crippen molar-refractivity contribution in [2.24, 2.45) is 0 Å². The summed E-state index contributed by atoms with van der Waals surface area (Å²) in [5.41, 5.74) is 0. The van der Waals surface area contributed by atoms with Crippen LogP contribution in [0.25, 0.3) is 0 Å². The number of rotatable bonds is 28. The lowest BCUT2D eigenvalue weighted by molar-refractivity contribution is -0.148. The third kappa shape index (κ3) is 28.1. The molecule has 0 saturated carbocycles. The van der Waals surface area contributed by atoms with Crippen molar-refractivity contribution in [2.75, 3.05) is 19.1 Å². The third-order valence-electron chi connectivity index (χ3n) is 6.36. The van der Waals surface area contributed by atoms with Crippen molar-refractivity contribution >= 4 is 11.6 Å². The molecule has 0 heterocycles. The Hall–Kier alpha value is -0.0500. The zero-order valence-corrected chi connectivity index (χ0v) is 23.4. The van der Waals surface area contributed by atoms with Crippen molar-refractivity contribution in [3.05, 3.63) is 12.2 Å². The predicted molar refractivity (Wildman–Crippen MR) is 148 cm³/mol. The van der Waals surface area contributed by atoms with Gasteiger partial charge in [0, 0.05) is 19.1 Å². The second-order valence-electron chi connectivity index (χ2n) is 9.71. The second-order valence-corrected chi connectivity index (χ2v) is 10.1. The molecule has 0 N–H and O–H groups in total. The van der Waals surface area contributed by atoms with Gasteiger partial charge in [-0.15, -0.1) is 11.6 Å². The maximum Gasteiger partial charge on any atom is 0.157 e. The van der Waals surface area contributed by atoms with Gasteiger partial charge in [0.1, 0.15) is 0 Å². The van der Waals surface area contributed by atoms with Crippen LogP contribution in [-0.2, 0) is 9.47 Å². The minimum atomic E-state index is 0.0241. The molecule has 0 amide bonds. The topological polar surface area (TPSA) is 18.5 Å². The van der Waals surface area contributed by atoms with Crippen LogP contribution in [0.1, 0.15) is 155 Å². The van der Waals surface area contributed by atoms with E-state index in [-0.39, 0.29) is 6.29 Å². The molecule has 0 aromatic carbocycles. The first-order chi connectivity index (χ1) is 16.3. The van der Waals surface area contributed by atoms with Crippen LogP contribution in [0.5, 0.6) is 0 Å². The fraction of sp³-hybridized carbons (Fsp3) is 0.933. The lowest BCUT2D eigenvalue weighted by Crippen LogP contribution is -2.19. The molecule has 0 aliphatic carbocycles. The molecule has 0 rings (SSSR count). The molecule has 0 radical (unpaired) electrons. The van der Waals surface area contributed by atoms with Gasteiger partial charge in [0.25, 0.3) is 0 Å². The second kappa shape index (κ2) is 30.0. The quantitative estimate of drug-likeness (QED) is 0.0473. The van der Waals surface area contributed by atoms with E-state index in [0.29, 0.717) is 0 Å². The third-order valence-corrected chi connectivity index (χ3v) is 6.57. The monoisotopic (exact) mass is 486 g/mol. The number of hydrogen-bond acceptors (Lipinski definition) is 2. The summed E-state index contributed by atoms with van der Waals surface area (Å²) in [7, 11) is 0. The van der Waals surface area contributed by atoms with Crippen LogP contribution in [-0.4, -0.2) is 25.4 Å². The Bertz CT molecular complexity index is 354. The summed E-state index contributed by atoms with van der Waals surface area (Å²) >= 11 is 5.68. The van der Waals surface area contributed by atoms with Crippen molar-refractivity contribution < 1.29 is 9.47 Å². The minimum Gasteiger partial charge on any atom is -0.353 e. The largest absolute Gasteiger partial charge is 0.353 e. The van der Waals surface area contributed by atoms with Crippen molar-refractivity contribution in [2.45, 2.75) is 161 Å². The Morgan fingerprint density at radius 2 is 0.939 bits per heavy atom. The van der Waals surface area contributed by atoms with Gasteiger partial charge in [-0.1, -0.05) is 122 Å². The summed E-state index contributed by atoms with van der Waals surface area (Å²) in [6.07, 6.45) is 32.9. The number of ether oxygens (including phenoxy) is 2. The highest BCUT2D eigenvalue weighted by molar-refractivity contribution is 6.17. The zero-order chi connectivity index (χ0) is 24.1. The molecular formula is C30H59ClO2. The summed E-state index contributed by atoms with van der Waals surface area (Å²) in [5, 5.41) is 0. The average molecular weight is 487 g/mol. The molecule has 0 saturated heterocycles. The Morgan fingerprint density at radius 3 is 1.45 bits per heavy atom. The standard InChI is InChI=1S/C30H59ClO2/c1-3-5-7-9-20-24-28-32-30(33-29-25-21-10-8-6-4-2)26-22-18-16-14-12-11-13-15-17-19-23-27-31/h17,19,30H,3-16,18,20-29H2,1-2H3/b19-17+. The molecule has 0 aliphatic heterocycles. The molecule has 0 unspecified atom stereocenters. The van der Waals surface area contributed by atoms with Gasteiger partial charge in [0.15, 0.2) is 6.29 Å². The molecular weight excluding hydrogens is 428 g/mol. The van der Waals surface area contributed by atoms with Crippen molar-refractivity contribution in [1.29, 1.82) is 0 Å². The Kier molecular flexibility index (Phi) is 29.9. The first kappa shape index (κ1) is 33.0. The van der Waals surface area contributed by atoms with Gasteiger partial charge in [-0.3, -0.25) is 0 Å². The number of unbranched alkanes of at least 4 members (excludes halogenated alkanes) is 17. The van der Waals surface area contributed by atoms with E-state index >= 15 is 0 Å². The Labute approximate surface area is 213 Å². The van der Waals surface area contributed by atoms with E-state index in [2.05, 4.69) is 26.0 Å². The normalized spacial score (nSPS) is 11.9. The molecule has 33 heavy (non-hydrogen) atoms. The molecule has 0 fully saturated rings. The van der Waals surface area contributed by atoms with E-state index in [9.17, 15) is 0 Å². The van der Waals surface area contributed by atoms with E-state index in [1.165, 1.54) is 128 Å². The SMILES string of the molecule is CCCCCCCCOC(CCCCCCCCC/C=C/CCCl)OCCCCCCCC. The molecule has 3 heteroatoms. The Balaban J connectivity index is 3.80. The maximum atomic E-state index is 6.16. The minimum absolute atomic E-state index is 0.0241. The van der Waals surface area contributed by atoms with E-state index in [1.807, 2.05) is 0 Å². The van der Waals surface area contributed by atoms with Crippen molar-refractivity contribution in [1.82, 2.24) is 0 Å². The van der Waals surface area contributed by atoms with Crippen LogP contribution in [0, 0.1) is 0 Å². The number of hydrogen-bond donors (Lipinski definition) is 0. The highest BCUT2D eigenvalue weighted by Gasteiger charge is 2.09. The van der Waals surface area contributed by atoms with E-state index < -0.39 is 0 Å². The molecule has 0 bridgehead atoms. The molecule has 198 valence electrons. The van der Waals surface area contributed by atoms with Gasteiger partial charge in [0.2, 0.25) is 0 Å². The van der Waals surface area contributed by atoms with Gasteiger partial charge in [0.05, 0.1) is 0 Å². The van der Waals surface area contributed by atoms with E-state index in [0.717, 1.165) is 31.9 Å². The first-order valence-corrected chi connectivity index (χ1v) is 15.3. The first-order valence-electron chi connectivity index (χ1n) is 14.8. The molecule has 2 nitrogen and oxygen atoms in total. The smallest absolute Gasteiger partial charge is 0.157 e. The predicted octanol–water partition coefficient (Wildman–Crippen LogP) is 10.8. The average Bonchev–Trinajstić information content (AvgIpc) is 2.83. The van der Waals surface area contributed by atoms with Gasteiger partial charge in [-0.2, -0.15) is 0 Å². The van der Waals surface area contributed by atoms with Crippen molar-refractivity contribution in [3.8, 4) is 0 Å². The summed E-state index contributed by atoms with van der Waals surface area (Å²) in [6, 6.07) is 0. The van der Waals surface area contributed by atoms with Crippen molar-refractivity contribution in [3.63, 3.8) is 0 Å². The number of halogens is 1. The van der Waals surface area contributed by atoms with Crippen LogP contribution in [0.15, 0.2) is 12.2 Å². The molecule has 0 atom stereocenters. The molecule has 0 aromatic heterocycles. The van der Waals surface area contributed by atoms with Gasteiger partial charge in [-0.25, -0.2) is 0 Å². The maximum absolute atomic E-state index is 6.16. The highest BCUT2D eigenvalue weighted by Crippen LogP contribution is 2.15. The molecule has 0 aliphatic rings. The lowest BCUT2D eigenvalue weighted by atomic mass is 10.1. The van der Waals surface area contributed by atoms with Crippen LogP contribution in [0.3, 0.4) is 0 Å². The summed E-state index contributed by atoms with van der Waals surface area (Å²) in [4.78, 5) is 0. The molecule has 0 spiro atoms. The van der Waals surface area contributed by atoms with Gasteiger partial charge < -0.3 is 9.47 Å².